The van der Waals surface area contributed by atoms with Crippen LogP contribution in [0.2, 0.25) is 0 Å². The zero-order chi connectivity index (χ0) is 13.2. The largest absolute Gasteiger partial charge is 0.390 e. The molecule has 0 spiro atoms. The normalized spacial score (nSPS) is 11.8. The molecule has 1 heterocycles. The van der Waals surface area contributed by atoms with Crippen LogP contribution in [-0.4, -0.2) is 16.0 Å². The number of alkyl halides is 3. The first-order valence-electron chi connectivity index (χ1n) is 5.29. The highest BCUT2D eigenvalue weighted by Gasteiger charge is 2.26. The van der Waals surface area contributed by atoms with Gasteiger partial charge in [0.1, 0.15) is 0 Å². The molecule has 1 aromatic heterocycles. The first-order valence-corrected chi connectivity index (χ1v) is 6.37. The Balaban J connectivity index is 2.11. The van der Waals surface area contributed by atoms with Crippen LogP contribution in [0.1, 0.15) is 6.42 Å². The molecular weight excluding hydrogens is 356 g/mol. The van der Waals surface area contributed by atoms with Gasteiger partial charge >= 0.3 is 6.18 Å². The van der Waals surface area contributed by atoms with E-state index in [1.807, 2.05) is 24.3 Å². The summed E-state index contributed by atoms with van der Waals surface area (Å²) in [5, 5.41) is 3.94. The van der Waals surface area contributed by atoms with Gasteiger partial charge in [0, 0.05) is 21.9 Å². The Bertz CT molecular complexity index is 534. The van der Waals surface area contributed by atoms with Crippen molar-refractivity contribution in [3.05, 3.63) is 40.2 Å². The van der Waals surface area contributed by atoms with Crippen LogP contribution < -0.4 is 0 Å². The SMILES string of the molecule is FC(F)(F)CCn1cc(-c2cccc(I)c2)cn1. The lowest BCUT2D eigenvalue weighted by atomic mass is 10.1. The molecule has 0 N–H and O–H groups in total. The van der Waals surface area contributed by atoms with Crippen LogP contribution in [0, 0.1) is 3.57 Å². The van der Waals surface area contributed by atoms with Gasteiger partial charge in [0.15, 0.2) is 0 Å². The fourth-order valence-corrected chi connectivity index (χ4v) is 2.09. The highest BCUT2D eigenvalue weighted by atomic mass is 127. The minimum atomic E-state index is -4.14. The summed E-state index contributed by atoms with van der Waals surface area (Å²) in [6, 6.07) is 7.74. The lowest BCUT2D eigenvalue weighted by molar-refractivity contribution is -0.137. The number of hydrogen-bond acceptors (Lipinski definition) is 1. The van der Waals surface area contributed by atoms with Gasteiger partial charge in [-0.1, -0.05) is 12.1 Å². The number of aryl methyl sites for hydroxylation is 1. The van der Waals surface area contributed by atoms with Crippen LogP contribution in [0.25, 0.3) is 11.1 Å². The van der Waals surface area contributed by atoms with Crippen LogP contribution in [-0.2, 0) is 6.54 Å². The van der Waals surface area contributed by atoms with Crippen molar-refractivity contribution in [2.24, 2.45) is 0 Å². The second kappa shape index (κ2) is 5.29. The number of aromatic nitrogens is 2. The third-order valence-electron chi connectivity index (χ3n) is 2.42. The minimum Gasteiger partial charge on any atom is -0.272 e. The molecule has 0 radical (unpaired) electrons. The Kier molecular flexibility index (Phi) is 3.94. The maximum Gasteiger partial charge on any atom is 0.390 e. The van der Waals surface area contributed by atoms with Crippen molar-refractivity contribution >= 4 is 22.6 Å². The van der Waals surface area contributed by atoms with E-state index in [0.29, 0.717) is 0 Å². The molecule has 0 aliphatic rings. The predicted octanol–water partition coefficient (Wildman–Crippen LogP) is 4.11. The van der Waals surface area contributed by atoms with Crippen molar-refractivity contribution in [1.82, 2.24) is 9.78 Å². The molecule has 0 saturated heterocycles. The fourth-order valence-electron chi connectivity index (χ4n) is 1.54. The highest BCUT2D eigenvalue weighted by molar-refractivity contribution is 14.1. The van der Waals surface area contributed by atoms with E-state index in [9.17, 15) is 13.2 Å². The second-order valence-corrected chi connectivity index (χ2v) is 5.11. The molecule has 6 heteroatoms. The number of benzene rings is 1. The quantitative estimate of drug-likeness (QED) is 0.748. The van der Waals surface area contributed by atoms with Gasteiger partial charge in [-0.25, -0.2) is 0 Å². The zero-order valence-corrected chi connectivity index (χ0v) is 11.4. The number of halogens is 4. The molecule has 0 fully saturated rings. The zero-order valence-electron chi connectivity index (χ0n) is 9.28. The Hall–Kier alpha value is -1.05. The van der Waals surface area contributed by atoms with Crippen LogP contribution in [0.15, 0.2) is 36.7 Å². The van der Waals surface area contributed by atoms with Crippen molar-refractivity contribution in [2.75, 3.05) is 0 Å². The standard InChI is InChI=1S/C12H10F3IN2/c13-12(14,15)4-5-18-8-10(7-17-18)9-2-1-3-11(16)6-9/h1-3,6-8H,4-5H2. The molecule has 0 atom stereocenters. The molecule has 0 amide bonds. The van der Waals surface area contributed by atoms with Gasteiger partial charge in [-0.05, 0) is 40.3 Å². The maximum atomic E-state index is 12.1. The summed E-state index contributed by atoms with van der Waals surface area (Å²) in [7, 11) is 0. The van der Waals surface area contributed by atoms with Crippen LogP contribution >= 0.6 is 22.6 Å². The van der Waals surface area contributed by atoms with Crippen molar-refractivity contribution in [1.29, 1.82) is 0 Å². The van der Waals surface area contributed by atoms with E-state index in [1.54, 1.807) is 12.4 Å². The Labute approximate surface area is 116 Å². The summed E-state index contributed by atoms with van der Waals surface area (Å²) in [6.07, 6.45) is -1.78. The summed E-state index contributed by atoms with van der Waals surface area (Å²) in [5.74, 6) is 0. The molecule has 0 aliphatic carbocycles. The lowest BCUT2D eigenvalue weighted by Gasteiger charge is -2.05. The Morgan fingerprint density at radius 1 is 1.22 bits per heavy atom. The van der Waals surface area contributed by atoms with Crippen molar-refractivity contribution < 1.29 is 13.2 Å². The molecule has 1 aromatic carbocycles. The van der Waals surface area contributed by atoms with E-state index in [0.717, 1.165) is 14.7 Å². The van der Waals surface area contributed by atoms with Crippen molar-refractivity contribution in [2.45, 2.75) is 19.1 Å². The van der Waals surface area contributed by atoms with Gasteiger partial charge in [-0.2, -0.15) is 18.3 Å². The molecular formula is C12H10F3IN2. The van der Waals surface area contributed by atoms with Gasteiger partial charge in [-0.15, -0.1) is 0 Å². The molecule has 0 unspecified atom stereocenters. The Morgan fingerprint density at radius 2 is 2.00 bits per heavy atom. The van der Waals surface area contributed by atoms with E-state index in [4.69, 9.17) is 0 Å². The third-order valence-corrected chi connectivity index (χ3v) is 3.09. The van der Waals surface area contributed by atoms with E-state index >= 15 is 0 Å². The Morgan fingerprint density at radius 3 is 2.67 bits per heavy atom. The lowest BCUT2D eigenvalue weighted by Crippen LogP contribution is -2.12. The molecule has 0 aliphatic heterocycles. The summed E-state index contributed by atoms with van der Waals surface area (Å²) in [5.41, 5.74) is 1.79. The number of rotatable bonds is 3. The van der Waals surface area contributed by atoms with Crippen LogP contribution in [0.4, 0.5) is 13.2 Å². The average molecular weight is 366 g/mol. The molecule has 0 saturated carbocycles. The summed E-state index contributed by atoms with van der Waals surface area (Å²) in [4.78, 5) is 0. The third kappa shape index (κ3) is 3.72. The van der Waals surface area contributed by atoms with Gasteiger partial charge in [0.25, 0.3) is 0 Å². The topological polar surface area (TPSA) is 17.8 Å². The van der Waals surface area contributed by atoms with E-state index in [2.05, 4.69) is 27.7 Å². The molecule has 0 bridgehead atoms. The smallest absolute Gasteiger partial charge is 0.272 e. The summed E-state index contributed by atoms with van der Waals surface area (Å²) >= 11 is 2.19. The monoisotopic (exact) mass is 366 g/mol. The second-order valence-electron chi connectivity index (χ2n) is 3.87. The van der Waals surface area contributed by atoms with Gasteiger partial charge in [0.05, 0.1) is 12.6 Å². The van der Waals surface area contributed by atoms with Gasteiger partial charge in [-0.3, -0.25) is 4.68 Å². The first kappa shape index (κ1) is 13.4. The maximum absolute atomic E-state index is 12.1. The molecule has 2 nitrogen and oxygen atoms in total. The highest BCUT2D eigenvalue weighted by Crippen LogP contribution is 2.23. The average Bonchev–Trinajstić information content (AvgIpc) is 2.74. The molecule has 2 rings (SSSR count). The molecule has 96 valence electrons. The van der Waals surface area contributed by atoms with Gasteiger partial charge in [0.2, 0.25) is 0 Å². The first-order chi connectivity index (χ1) is 8.44. The van der Waals surface area contributed by atoms with Gasteiger partial charge < -0.3 is 0 Å². The van der Waals surface area contributed by atoms with Crippen molar-refractivity contribution in [3.63, 3.8) is 0 Å². The summed E-state index contributed by atoms with van der Waals surface area (Å²) in [6.45, 7) is -0.145. The van der Waals surface area contributed by atoms with E-state index in [-0.39, 0.29) is 6.54 Å². The number of hydrogen-bond donors (Lipinski definition) is 0. The van der Waals surface area contributed by atoms with Crippen LogP contribution in [0.3, 0.4) is 0 Å². The van der Waals surface area contributed by atoms with Crippen LogP contribution in [0.5, 0.6) is 0 Å². The fraction of sp³-hybridized carbons (Fsp3) is 0.250. The molecule has 2 aromatic rings. The van der Waals surface area contributed by atoms with E-state index < -0.39 is 12.6 Å². The number of nitrogens with zero attached hydrogens (tertiary/aromatic N) is 2. The van der Waals surface area contributed by atoms with Crippen molar-refractivity contribution in [3.8, 4) is 11.1 Å². The van der Waals surface area contributed by atoms with E-state index in [1.165, 1.54) is 4.68 Å². The predicted molar refractivity (Wildman–Crippen MR) is 71.1 cm³/mol. The molecule has 18 heavy (non-hydrogen) atoms. The summed E-state index contributed by atoms with van der Waals surface area (Å²) < 4.78 is 38.6. The minimum absolute atomic E-state index is 0.145.